The Balaban J connectivity index is 4.05. The molecule has 0 radical (unpaired) electrons. The van der Waals surface area contributed by atoms with Gasteiger partial charge >= 0.3 is 7.32 Å². The van der Waals surface area contributed by atoms with Crippen LogP contribution in [0.25, 0.3) is 0 Å². The fourth-order valence-electron chi connectivity index (χ4n) is 7.73. The maximum Gasteiger partial charge on any atom is 0.639 e. The summed E-state index contributed by atoms with van der Waals surface area (Å²) in [4.78, 5) is 0. The molecular formula is C54H105BO3. The minimum atomic E-state index is -0.491. The molecule has 0 saturated carbocycles. The van der Waals surface area contributed by atoms with E-state index in [2.05, 4.69) is 57.2 Å². The average molecular weight is 813 g/mol. The van der Waals surface area contributed by atoms with Gasteiger partial charge in [-0.3, -0.25) is 0 Å². The van der Waals surface area contributed by atoms with Gasteiger partial charge in [0.05, 0.1) is 0 Å². The maximum atomic E-state index is 6.15. The molecule has 0 aliphatic rings. The summed E-state index contributed by atoms with van der Waals surface area (Å²) < 4.78 is 18.5. The van der Waals surface area contributed by atoms with Crippen LogP contribution in [0, 0.1) is 0 Å². The highest BCUT2D eigenvalue weighted by Gasteiger charge is 2.20. The lowest BCUT2D eigenvalue weighted by Crippen LogP contribution is -2.28. The van der Waals surface area contributed by atoms with E-state index in [-0.39, 0.29) is 0 Å². The van der Waals surface area contributed by atoms with Crippen molar-refractivity contribution in [3.8, 4) is 0 Å². The van der Waals surface area contributed by atoms with Crippen LogP contribution in [-0.4, -0.2) is 27.1 Å². The van der Waals surface area contributed by atoms with Crippen LogP contribution >= 0.6 is 0 Å². The van der Waals surface area contributed by atoms with E-state index in [1.54, 1.807) is 0 Å². The SMILES string of the molecule is CCCCCCCC/C=C\CCCCCCCCOB(OCCCCCCCC/C=C/CCCCCCCC)OCCCCCCCC/C=C/CCCCCCCC. The molecule has 0 aromatic rings. The molecule has 0 aliphatic heterocycles. The Hall–Kier alpha value is -0.835. The lowest BCUT2D eigenvalue weighted by Gasteiger charge is -2.15. The summed E-state index contributed by atoms with van der Waals surface area (Å²) in [5.74, 6) is 0. The third-order valence-electron chi connectivity index (χ3n) is 11.7. The van der Waals surface area contributed by atoms with Crippen LogP contribution in [0.15, 0.2) is 36.5 Å². The van der Waals surface area contributed by atoms with Gasteiger partial charge in [-0.25, -0.2) is 0 Å². The fraction of sp³-hybridized carbons (Fsp3) is 0.889. The predicted molar refractivity (Wildman–Crippen MR) is 262 cm³/mol. The fourth-order valence-corrected chi connectivity index (χ4v) is 7.73. The summed E-state index contributed by atoms with van der Waals surface area (Å²) in [6.45, 7) is 9.11. The van der Waals surface area contributed by atoms with E-state index in [4.69, 9.17) is 14.0 Å². The van der Waals surface area contributed by atoms with Crippen LogP contribution in [0.3, 0.4) is 0 Å². The van der Waals surface area contributed by atoms with E-state index in [1.165, 1.54) is 250 Å². The standard InChI is InChI=1S/C54H105BO3/c1-4-7-10-13-16-19-22-25-28-31-34-37-40-43-46-49-52-56-55(57-53-50-47-44-41-38-35-32-29-26-23-20-17-14-11-8-5-2)58-54-51-48-45-42-39-36-33-30-27-24-21-18-15-12-9-6-3/h25-30H,4-24,31-54H2,1-3H3/b28-25-,29-26+,30-27+. The first kappa shape index (κ1) is 57.2. The normalized spacial score (nSPS) is 12.1. The third kappa shape index (κ3) is 51.3. The lowest BCUT2D eigenvalue weighted by molar-refractivity contribution is 0.0885. The average Bonchev–Trinajstić information content (AvgIpc) is 3.23. The molecule has 4 heteroatoms. The molecule has 0 bridgehead atoms. The molecule has 0 aromatic heterocycles. The number of hydrogen-bond donors (Lipinski definition) is 0. The molecule has 0 amide bonds. The van der Waals surface area contributed by atoms with Crippen molar-refractivity contribution in [1.29, 1.82) is 0 Å². The summed E-state index contributed by atoms with van der Waals surface area (Å²) in [7, 11) is -0.491. The summed E-state index contributed by atoms with van der Waals surface area (Å²) in [5, 5.41) is 0. The van der Waals surface area contributed by atoms with Gasteiger partial charge < -0.3 is 14.0 Å². The molecule has 0 fully saturated rings. The molecule has 0 saturated heterocycles. The van der Waals surface area contributed by atoms with Crippen molar-refractivity contribution in [2.75, 3.05) is 19.8 Å². The topological polar surface area (TPSA) is 27.7 Å². The van der Waals surface area contributed by atoms with E-state index < -0.39 is 7.32 Å². The Morgan fingerprint density at radius 2 is 0.397 bits per heavy atom. The summed E-state index contributed by atoms with van der Waals surface area (Å²) in [6.07, 6.45) is 70.3. The quantitative estimate of drug-likeness (QED) is 0.0348. The molecule has 3 nitrogen and oxygen atoms in total. The molecule has 0 rings (SSSR count). The molecule has 342 valence electrons. The van der Waals surface area contributed by atoms with Gasteiger partial charge in [0.25, 0.3) is 0 Å². The largest absolute Gasteiger partial charge is 0.639 e. The minimum absolute atomic E-state index is 0.491. The molecule has 0 spiro atoms. The van der Waals surface area contributed by atoms with Gasteiger partial charge in [0, 0.05) is 19.8 Å². The van der Waals surface area contributed by atoms with Crippen LogP contribution in [0.1, 0.15) is 290 Å². The van der Waals surface area contributed by atoms with E-state index in [0.29, 0.717) is 0 Å². The number of unbranched alkanes of at least 4 members (excludes halogenated alkanes) is 36. The van der Waals surface area contributed by atoms with E-state index in [1.807, 2.05) is 0 Å². The Labute approximate surface area is 366 Å². The second-order valence-corrected chi connectivity index (χ2v) is 17.7. The first-order valence-corrected chi connectivity index (χ1v) is 26.6. The lowest BCUT2D eigenvalue weighted by atomic mass is 10.1. The monoisotopic (exact) mass is 813 g/mol. The zero-order chi connectivity index (χ0) is 41.8. The maximum absolute atomic E-state index is 6.15. The number of hydrogen-bond acceptors (Lipinski definition) is 3. The summed E-state index contributed by atoms with van der Waals surface area (Å²) >= 11 is 0. The molecule has 0 aromatic carbocycles. The second kappa shape index (κ2) is 54.2. The van der Waals surface area contributed by atoms with Crippen LogP contribution in [-0.2, 0) is 14.0 Å². The number of allylic oxidation sites excluding steroid dienone is 6. The minimum Gasteiger partial charge on any atom is -0.386 e. The van der Waals surface area contributed by atoms with Crippen LogP contribution in [0.2, 0.25) is 0 Å². The van der Waals surface area contributed by atoms with Crippen molar-refractivity contribution in [1.82, 2.24) is 0 Å². The Morgan fingerprint density at radius 3 is 0.603 bits per heavy atom. The van der Waals surface area contributed by atoms with Crippen molar-refractivity contribution >= 4 is 7.32 Å². The van der Waals surface area contributed by atoms with Crippen molar-refractivity contribution < 1.29 is 14.0 Å². The highest BCUT2D eigenvalue weighted by Crippen LogP contribution is 2.14. The van der Waals surface area contributed by atoms with Gasteiger partial charge in [0.15, 0.2) is 0 Å². The van der Waals surface area contributed by atoms with Crippen molar-refractivity contribution in [2.45, 2.75) is 290 Å². The van der Waals surface area contributed by atoms with E-state index in [0.717, 1.165) is 39.1 Å². The van der Waals surface area contributed by atoms with Gasteiger partial charge in [-0.2, -0.15) is 0 Å². The highest BCUT2D eigenvalue weighted by atomic mass is 16.7. The Morgan fingerprint density at radius 1 is 0.224 bits per heavy atom. The van der Waals surface area contributed by atoms with Crippen molar-refractivity contribution in [2.24, 2.45) is 0 Å². The predicted octanol–water partition coefficient (Wildman–Crippen LogP) is 19.1. The molecule has 0 unspecified atom stereocenters. The first-order valence-electron chi connectivity index (χ1n) is 26.6. The molecule has 0 aliphatic carbocycles. The zero-order valence-electron chi connectivity index (χ0n) is 40.1. The van der Waals surface area contributed by atoms with Crippen molar-refractivity contribution in [3.63, 3.8) is 0 Å². The molecule has 0 heterocycles. The Kier molecular flexibility index (Phi) is 53.4. The zero-order valence-corrected chi connectivity index (χ0v) is 40.1. The van der Waals surface area contributed by atoms with E-state index >= 15 is 0 Å². The summed E-state index contributed by atoms with van der Waals surface area (Å²) in [5.41, 5.74) is 0. The molecule has 0 atom stereocenters. The summed E-state index contributed by atoms with van der Waals surface area (Å²) in [6, 6.07) is 0. The van der Waals surface area contributed by atoms with Crippen LogP contribution < -0.4 is 0 Å². The molecule has 58 heavy (non-hydrogen) atoms. The molecule has 0 N–H and O–H groups in total. The van der Waals surface area contributed by atoms with Crippen molar-refractivity contribution in [3.05, 3.63) is 36.5 Å². The second-order valence-electron chi connectivity index (χ2n) is 17.7. The van der Waals surface area contributed by atoms with Crippen LogP contribution in [0.5, 0.6) is 0 Å². The van der Waals surface area contributed by atoms with Gasteiger partial charge in [-0.1, -0.05) is 231 Å². The van der Waals surface area contributed by atoms with Gasteiger partial charge in [-0.15, -0.1) is 0 Å². The third-order valence-corrected chi connectivity index (χ3v) is 11.7. The first-order chi connectivity index (χ1) is 28.8. The van der Waals surface area contributed by atoms with Gasteiger partial charge in [0.2, 0.25) is 0 Å². The number of rotatable bonds is 51. The Bertz CT molecular complexity index is 705. The molecular weight excluding hydrogens is 707 g/mol. The van der Waals surface area contributed by atoms with Gasteiger partial charge in [-0.05, 0) is 96.3 Å². The van der Waals surface area contributed by atoms with Crippen LogP contribution in [0.4, 0.5) is 0 Å². The van der Waals surface area contributed by atoms with E-state index in [9.17, 15) is 0 Å². The smallest absolute Gasteiger partial charge is 0.386 e. The highest BCUT2D eigenvalue weighted by molar-refractivity contribution is 6.36. The van der Waals surface area contributed by atoms with Gasteiger partial charge in [0.1, 0.15) is 0 Å².